The number of sulfone groups is 1. The van der Waals surface area contributed by atoms with Gasteiger partial charge in [-0.05, 0) is 72.7 Å². The van der Waals surface area contributed by atoms with Gasteiger partial charge < -0.3 is 5.32 Å². The van der Waals surface area contributed by atoms with Crippen LogP contribution in [0.5, 0.6) is 0 Å². The van der Waals surface area contributed by atoms with Crippen LogP contribution in [0.15, 0.2) is 96.5 Å². The molecular formula is C31H32N2O3S2. The van der Waals surface area contributed by atoms with E-state index in [9.17, 15) is 18.5 Å². The van der Waals surface area contributed by atoms with Crippen molar-refractivity contribution in [2.24, 2.45) is 0 Å². The Labute approximate surface area is 229 Å². The van der Waals surface area contributed by atoms with Crippen molar-refractivity contribution in [3.63, 3.8) is 0 Å². The number of carbonyl (C=O) groups excluding carboxylic acids is 1. The van der Waals surface area contributed by atoms with Crippen molar-refractivity contribution in [1.29, 1.82) is 5.26 Å². The molecule has 0 radical (unpaired) electrons. The van der Waals surface area contributed by atoms with Gasteiger partial charge in [-0.15, -0.1) is 11.3 Å². The van der Waals surface area contributed by atoms with Crippen LogP contribution in [0.4, 0.5) is 5.69 Å². The molecule has 1 amide bonds. The lowest BCUT2D eigenvalue weighted by molar-refractivity contribution is -0.112. The molecule has 1 fully saturated rings. The summed E-state index contributed by atoms with van der Waals surface area (Å²) in [4.78, 5) is 14.2. The van der Waals surface area contributed by atoms with E-state index in [2.05, 4.69) is 24.5 Å². The zero-order valence-corrected chi connectivity index (χ0v) is 22.9. The molecular weight excluding hydrogens is 512 g/mol. The third kappa shape index (κ3) is 6.32. The summed E-state index contributed by atoms with van der Waals surface area (Å²) in [5, 5.41) is 13.2. The molecule has 5 nitrogen and oxygen atoms in total. The number of benzene rings is 1. The largest absolute Gasteiger partial charge is 0.322 e. The highest BCUT2D eigenvalue weighted by atomic mass is 32.2. The lowest BCUT2D eigenvalue weighted by Gasteiger charge is -2.31. The second-order valence-electron chi connectivity index (χ2n) is 9.68. The molecule has 0 spiro atoms. The molecule has 38 heavy (non-hydrogen) atoms. The molecule has 1 saturated carbocycles. The first-order valence-electron chi connectivity index (χ1n) is 12.8. The number of rotatable bonds is 9. The number of nitrogens with one attached hydrogen (secondary N) is 1. The van der Waals surface area contributed by atoms with Crippen LogP contribution < -0.4 is 5.32 Å². The number of carbonyl (C=O) groups is 1. The summed E-state index contributed by atoms with van der Waals surface area (Å²) in [5.74, 6) is -0.0719. The number of nitrogens with zero attached hydrogens (tertiary/aromatic N) is 1. The maximum Gasteiger partial charge on any atom is 0.255 e. The number of amides is 1. The SMILES string of the molecule is C=C/C(=C\CC(=C)c1cccs1)C(=O)Nc1ccccc1C1CCC(S(=O)(=O)C2C=CC=C(C#N)C2)CC1. The van der Waals surface area contributed by atoms with E-state index in [1.54, 1.807) is 35.6 Å². The summed E-state index contributed by atoms with van der Waals surface area (Å²) in [7, 11) is -3.38. The predicted molar refractivity (Wildman–Crippen MR) is 156 cm³/mol. The van der Waals surface area contributed by atoms with Gasteiger partial charge in [0.1, 0.15) is 0 Å². The summed E-state index contributed by atoms with van der Waals surface area (Å²) in [6.07, 6.45) is 11.8. The molecule has 7 heteroatoms. The van der Waals surface area contributed by atoms with E-state index < -0.39 is 20.3 Å². The molecule has 2 aliphatic carbocycles. The molecule has 1 aromatic heterocycles. The van der Waals surface area contributed by atoms with Gasteiger partial charge >= 0.3 is 0 Å². The second-order valence-corrected chi connectivity index (χ2v) is 13.1. The first kappa shape index (κ1) is 27.6. The van der Waals surface area contributed by atoms with Gasteiger partial charge in [0.05, 0.1) is 16.6 Å². The van der Waals surface area contributed by atoms with E-state index >= 15 is 0 Å². The molecule has 0 bridgehead atoms. The molecule has 0 saturated heterocycles. The van der Waals surface area contributed by atoms with Crippen LogP contribution in [0.25, 0.3) is 5.57 Å². The van der Waals surface area contributed by atoms with Crippen molar-refractivity contribution in [1.82, 2.24) is 0 Å². The predicted octanol–water partition coefficient (Wildman–Crippen LogP) is 7.12. The first-order valence-corrected chi connectivity index (χ1v) is 15.3. The van der Waals surface area contributed by atoms with Crippen molar-refractivity contribution in [3.05, 3.63) is 107 Å². The standard InChI is InChI=1S/C31H32N2O3S2/c1-3-24(14-13-22(2)30-12-7-19-37-30)31(34)33-29-11-5-4-10-28(29)25-15-17-26(18-16-25)38(35,36)27-9-6-8-23(20-27)21-32/h3-12,14,19,25-27H,1-2,13,15-18,20H2,(H,33,34)/b24-14+. The number of hydrogen-bond acceptors (Lipinski definition) is 5. The summed E-state index contributed by atoms with van der Waals surface area (Å²) < 4.78 is 26.6. The molecule has 1 aromatic carbocycles. The minimum Gasteiger partial charge on any atom is -0.322 e. The lowest BCUT2D eigenvalue weighted by atomic mass is 9.83. The molecule has 2 aliphatic rings. The number of para-hydroxylation sites is 1. The van der Waals surface area contributed by atoms with Crippen molar-refractivity contribution in [3.8, 4) is 6.07 Å². The van der Waals surface area contributed by atoms with Crippen LogP contribution >= 0.6 is 11.3 Å². The Morgan fingerprint density at radius 3 is 2.61 bits per heavy atom. The Kier molecular flexibility index (Phi) is 8.98. The molecule has 1 atom stereocenters. The minimum absolute atomic E-state index is 0.157. The second kappa shape index (κ2) is 12.4. The van der Waals surface area contributed by atoms with Gasteiger partial charge in [0, 0.05) is 28.1 Å². The van der Waals surface area contributed by atoms with Gasteiger partial charge in [0.2, 0.25) is 0 Å². The molecule has 4 rings (SSSR count). The quantitative estimate of drug-likeness (QED) is 0.269. The van der Waals surface area contributed by atoms with E-state index in [1.807, 2.05) is 47.9 Å². The van der Waals surface area contributed by atoms with Gasteiger partial charge in [-0.3, -0.25) is 4.79 Å². The van der Waals surface area contributed by atoms with E-state index in [1.165, 1.54) is 0 Å². The molecule has 1 N–H and O–H groups in total. The summed E-state index contributed by atoms with van der Waals surface area (Å²) in [6, 6.07) is 13.8. The number of allylic oxidation sites excluding steroid dienone is 5. The van der Waals surface area contributed by atoms with Crippen LogP contribution in [0.2, 0.25) is 0 Å². The smallest absolute Gasteiger partial charge is 0.255 e. The highest BCUT2D eigenvalue weighted by molar-refractivity contribution is 7.92. The molecule has 196 valence electrons. The Bertz CT molecular complexity index is 1430. The Morgan fingerprint density at radius 1 is 1.16 bits per heavy atom. The van der Waals surface area contributed by atoms with Crippen molar-refractivity contribution in [2.45, 2.75) is 54.9 Å². The zero-order valence-electron chi connectivity index (χ0n) is 21.3. The first-order chi connectivity index (χ1) is 18.3. The van der Waals surface area contributed by atoms with Crippen LogP contribution in [0.3, 0.4) is 0 Å². The molecule has 1 heterocycles. The van der Waals surface area contributed by atoms with Crippen LogP contribution in [0.1, 0.15) is 54.9 Å². The zero-order chi connectivity index (χ0) is 27.1. The number of anilines is 1. The number of thiophene rings is 1. The lowest BCUT2D eigenvalue weighted by Crippen LogP contribution is -2.34. The minimum atomic E-state index is -3.38. The summed E-state index contributed by atoms with van der Waals surface area (Å²) >= 11 is 1.62. The molecule has 1 unspecified atom stereocenters. The number of hydrogen-bond donors (Lipinski definition) is 1. The van der Waals surface area contributed by atoms with E-state index in [0.29, 0.717) is 30.4 Å². The average Bonchev–Trinajstić information content (AvgIpc) is 3.49. The summed E-state index contributed by atoms with van der Waals surface area (Å²) in [5.41, 5.74) is 3.70. The third-order valence-electron chi connectivity index (χ3n) is 7.32. The Hall–Kier alpha value is -3.47. The van der Waals surface area contributed by atoms with Crippen molar-refractivity contribution >= 4 is 38.3 Å². The average molecular weight is 545 g/mol. The van der Waals surface area contributed by atoms with Gasteiger partial charge in [-0.25, -0.2) is 8.42 Å². The van der Waals surface area contributed by atoms with Crippen molar-refractivity contribution in [2.75, 3.05) is 5.32 Å². The fourth-order valence-electron chi connectivity index (χ4n) is 5.15. The fraction of sp³-hybridized carbons (Fsp3) is 0.290. The third-order valence-corrected chi connectivity index (χ3v) is 10.9. The Morgan fingerprint density at radius 2 is 1.92 bits per heavy atom. The van der Waals surface area contributed by atoms with Crippen LogP contribution in [-0.4, -0.2) is 24.8 Å². The Balaban J connectivity index is 1.41. The van der Waals surface area contributed by atoms with E-state index in [-0.39, 0.29) is 18.2 Å². The fourth-order valence-corrected chi connectivity index (χ4v) is 8.01. The monoisotopic (exact) mass is 544 g/mol. The topological polar surface area (TPSA) is 87.0 Å². The van der Waals surface area contributed by atoms with Gasteiger partial charge in [0.15, 0.2) is 9.84 Å². The number of nitriles is 1. The van der Waals surface area contributed by atoms with E-state index in [0.717, 1.165) is 34.5 Å². The maximum atomic E-state index is 13.3. The highest BCUT2D eigenvalue weighted by Crippen LogP contribution is 2.40. The maximum absolute atomic E-state index is 13.3. The summed E-state index contributed by atoms with van der Waals surface area (Å²) in [6.45, 7) is 7.94. The van der Waals surface area contributed by atoms with Gasteiger partial charge in [-0.2, -0.15) is 5.26 Å². The molecule has 2 aromatic rings. The highest BCUT2D eigenvalue weighted by Gasteiger charge is 2.37. The molecule has 0 aliphatic heterocycles. The van der Waals surface area contributed by atoms with Crippen LogP contribution in [-0.2, 0) is 14.6 Å². The van der Waals surface area contributed by atoms with Crippen LogP contribution in [0, 0.1) is 11.3 Å². The van der Waals surface area contributed by atoms with Gasteiger partial charge in [-0.1, -0.05) is 61.7 Å². The van der Waals surface area contributed by atoms with Crippen molar-refractivity contribution < 1.29 is 13.2 Å². The normalized spacial score (nSPS) is 21.7. The van der Waals surface area contributed by atoms with E-state index in [4.69, 9.17) is 0 Å². The van der Waals surface area contributed by atoms with Gasteiger partial charge in [0.25, 0.3) is 5.91 Å².